The van der Waals surface area contributed by atoms with Crippen molar-refractivity contribution in [2.75, 3.05) is 38.0 Å². The van der Waals surface area contributed by atoms with Gasteiger partial charge in [0.05, 0.1) is 23.0 Å². The van der Waals surface area contributed by atoms with E-state index in [-0.39, 0.29) is 66.5 Å². The molecule has 8 N–H and O–H groups in total. The summed E-state index contributed by atoms with van der Waals surface area (Å²) in [6.45, 7) is 22.8. The first-order valence-corrected chi connectivity index (χ1v) is 15.4. The number of hydrogen-bond donors (Lipinski definition) is 2. The van der Waals surface area contributed by atoms with Crippen LogP contribution in [0.3, 0.4) is 0 Å². The maximum atomic E-state index is 9.60. The van der Waals surface area contributed by atoms with Crippen LogP contribution in [0.4, 0.5) is 11.4 Å². The van der Waals surface area contributed by atoms with Crippen molar-refractivity contribution in [2.24, 2.45) is 21.7 Å². The van der Waals surface area contributed by atoms with Crippen molar-refractivity contribution in [3.8, 4) is 11.5 Å². The van der Waals surface area contributed by atoms with Crippen molar-refractivity contribution in [3.63, 3.8) is 0 Å². The van der Waals surface area contributed by atoms with Crippen molar-refractivity contribution >= 4 is 22.9 Å². The molecule has 0 radical (unpaired) electrons. The van der Waals surface area contributed by atoms with Crippen molar-refractivity contribution in [2.45, 2.75) is 83.1 Å². The average Bonchev–Trinajstić information content (AvgIpc) is 2.88. The molecule has 0 bridgehead atoms. The van der Waals surface area contributed by atoms with Gasteiger partial charge in [0, 0.05) is 96.4 Å². The topological polar surface area (TPSA) is 136 Å². The Bertz CT molecular complexity index is 1170. The van der Waals surface area contributed by atoms with E-state index in [1.165, 1.54) is 12.2 Å². The van der Waals surface area contributed by atoms with E-state index in [1.54, 1.807) is 24.3 Å². The Morgan fingerprint density at radius 1 is 0.511 bits per heavy atom. The fraction of sp³-hybridized carbons (Fsp3) is 0.526. The number of benzene rings is 2. The van der Waals surface area contributed by atoms with Gasteiger partial charge in [0.15, 0.2) is 0 Å². The molecule has 264 valence electrons. The number of allylic oxidation sites excluding steroid dienone is 4. The molecule has 0 amide bonds. The van der Waals surface area contributed by atoms with Gasteiger partial charge in [-0.2, -0.15) is 0 Å². The molecule has 2 rings (SSSR count). The van der Waals surface area contributed by atoms with Gasteiger partial charge >= 0.3 is 11.6 Å². The first kappa shape index (κ1) is 48.2. The molecule has 0 aliphatic heterocycles. The summed E-state index contributed by atoms with van der Waals surface area (Å²) in [5.41, 5.74) is 1.05. The van der Waals surface area contributed by atoms with Gasteiger partial charge in [0.2, 0.25) is 0 Å². The summed E-state index contributed by atoms with van der Waals surface area (Å²) in [5, 5.41) is 33.6. The van der Waals surface area contributed by atoms with Crippen molar-refractivity contribution in [1.82, 2.24) is 0 Å². The van der Waals surface area contributed by atoms with E-state index in [0.29, 0.717) is 11.5 Å². The maximum absolute atomic E-state index is 9.60. The SMILES string of the molecule is CC(C)(C)C(=[OH+])/C=C(\O)C(C)(C)C.CC(C)(C)C(=[OH+])/C=C(\O)C(C)(C)C.CN(C)c1ccc([OH2+])cc1.CN(C)c1ccc([OH2+])cc1.[Ti]. The number of aliphatic hydroxyl groups excluding tert-OH is 2. The molecule has 0 aliphatic rings. The van der Waals surface area contributed by atoms with Gasteiger partial charge in [0.1, 0.15) is 11.5 Å². The van der Waals surface area contributed by atoms with E-state index in [9.17, 15) is 19.8 Å². The molecule has 0 unspecified atom stereocenters. The van der Waals surface area contributed by atoms with Crippen molar-refractivity contribution in [3.05, 3.63) is 72.2 Å². The number of carbonyl (C=O) groups excluding carboxylic acids is 2. The number of nitrogens with zero attached hydrogens (tertiary/aromatic N) is 2. The smallest absolute Gasteiger partial charge is 0.325 e. The number of ketones is 2. The molecule has 0 spiro atoms. The van der Waals surface area contributed by atoms with E-state index < -0.39 is 0 Å². The Hall–Kier alpha value is -3.23. The molecule has 0 saturated heterocycles. The third-order valence-electron chi connectivity index (χ3n) is 6.39. The van der Waals surface area contributed by atoms with Gasteiger partial charge in [-0.05, 0) is 65.8 Å². The fourth-order valence-corrected chi connectivity index (χ4v) is 2.64. The Balaban J connectivity index is -0.000000548. The van der Waals surface area contributed by atoms with Crippen LogP contribution >= 0.6 is 0 Å². The molecule has 0 fully saturated rings. The standard InChI is InChI=1S/2C11H20O2.2C8H11NO.Ti/c2*1-10(2,3)8(12)7-9(13)11(4,5)6;2*1-9(2)7-3-5-8(10)6-4-7;/h2*7,12H,1-6H3;2*3-6,10H,1-2H3;/p+4/b2*8-7-;;;. The normalized spacial score (nSPS) is 12.0. The molecule has 9 heteroatoms. The molecule has 0 aromatic heterocycles. The summed E-state index contributed by atoms with van der Waals surface area (Å²) in [6, 6.07) is 14.9. The van der Waals surface area contributed by atoms with E-state index in [1.807, 2.05) is 145 Å². The minimum atomic E-state index is -0.306. The van der Waals surface area contributed by atoms with Gasteiger partial charge in [-0.3, -0.25) is 9.59 Å². The molecular formula is C38H66N2O6Ti+4. The van der Waals surface area contributed by atoms with Crippen LogP contribution in [0, 0.1) is 21.7 Å². The first-order valence-electron chi connectivity index (χ1n) is 15.4. The van der Waals surface area contributed by atoms with E-state index in [4.69, 9.17) is 10.2 Å². The van der Waals surface area contributed by atoms with E-state index >= 15 is 0 Å². The van der Waals surface area contributed by atoms with Crippen LogP contribution in [-0.2, 0) is 21.7 Å². The summed E-state index contributed by atoms with van der Waals surface area (Å²) in [4.78, 5) is 23.2. The van der Waals surface area contributed by atoms with Crippen LogP contribution in [0.1, 0.15) is 83.1 Å². The van der Waals surface area contributed by atoms with Crippen LogP contribution in [0.5, 0.6) is 11.5 Å². The summed E-state index contributed by atoms with van der Waals surface area (Å²) in [5.74, 6) is 1.95. The number of anilines is 2. The molecule has 0 saturated carbocycles. The number of aliphatic hydroxyl groups is 2. The second-order valence-corrected chi connectivity index (χ2v) is 15.7. The summed E-state index contributed by atoms with van der Waals surface area (Å²) in [7, 11) is 7.94. The molecular weight excluding hydrogens is 628 g/mol. The van der Waals surface area contributed by atoms with Crippen LogP contribution in [0.2, 0.25) is 0 Å². The van der Waals surface area contributed by atoms with Crippen LogP contribution in [-0.4, -0.2) is 69.8 Å². The molecule has 0 aliphatic carbocycles. The Labute approximate surface area is 300 Å². The van der Waals surface area contributed by atoms with Crippen LogP contribution in [0.25, 0.3) is 0 Å². The van der Waals surface area contributed by atoms with Crippen molar-refractivity contribution < 1.29 is 51.7 Å². The zero-order chi connectivity index (χ0) is 36.8. The molecule has 47 heavy (non-hydrogen) atoms. The third-order valence-corrected chi connectivity index (χ3v) is 6.39. The van der Waals surface area contributed by atoms with E-state index in [2.05, 4.69) is 0 Å². The minimum Gasteiger partial charge on any atom is -0.593 e. The van der Waals surface area contributed by atoms with Crippen LogP contribution in [0.15, 0.2) is 72.2 Å². The zero-order valence-corrected chi connectivity index (χ0v) is 33.5. The molecule has 0 atom stereocenters. The second-order valence-electron chi connectivity index (χ2n) is 15.7. The molecule has 2 aromatic carbocycles. The predicted molar refractivity (Wildman–Crippen MR) is 201 cm³/mol. The number of hydrogen-bond acceptors (Lipinski definition) is 4. The predicted octanol–water partition coefficient (Wildman–Crippen LogP) is 8.51. The van der Waals surface area contributed by atoms with Gasteiger partial charge in [0.25, 0.3) is 11.5 Å². The van der Waals surface area contributed by atoms with Gasteiger partial charge in [-0.25, -0.2) is 0 Å². The van der Waals surface area contributed by atoms with Crippen LogP contribution < -0.4 is 9.80 Å². The summed E-state index contributed by atoms with van der Waals surface area (Å²) < 4.78 is 0. The first-order chi connectivity index (χ1) is 20.5. The minimum absolute atomic E-state index is 0. The van der Waals surface area contributed by atoms with Gasteiger partial charge in [-0.15, -0.1) is 0 Å². The summed E-state index contributed by atoms with van der Waals surface area (Å²) >= 11 is 0. The quantitative estimate of drug-likeness (QED) is 0.144. The maximum Gasteiger partial charge on any atom is 0.325 e. The van der Waals surface area contributed by atoms with Crippen molar-refractivity contribution in [1.29, 1.82) is 0 Å². The average molecular weight is 695 g/mol. The Kier molecular flexibility index (Phi) is 20.7. The van der Waals surface area contributed by atoms with Gasteiger partial charge < -0.3 is 30.2 Å². The Morgan fingerprint density at radius 3 is 0.872 bits per heavy atom. The molecule has 2 aromatic rings. The second kappa shape index (κ2) is 20.2. The van der Waals surface area contributed by atoms with E-state index in [0.717, 1.165) is 11.4 Å². The fourth-order valence-electron chi connectivity index (χ4n) is 2.64. The Morgan fingerprint density at radius 2 is 0.723 bits per heavy atom. The zero-order valence-electron chi connectivity index (χ0n) is 32.0. The number of rotatable bonds is 4. The van der Waals surface area contributed by atoms with Gasteiger partial charge in [-0.1, -0.05) is 41.5 Å². The largest absolute Gasteiger partial charge is 0.593 e. The third kappa shape index (κ3) is 22.1. The molecule has 8 nitrogen and oxygen atoms in total. The monoisotopic (exact) mass is 694 g/mol. The molecule has 0 heterocycles. The summed E-state index contributed by atoms with van der Waals surface area (Å²) in [6.07, 6.45) is 2.89.